The largest absolute Gasteiger partial charge is 0.352 e. The highest BCUT2D eigenvalue weighted by molar-refractivity contribution is 6.31. The molecule has 1 amide bonds. The van der Waals surface area contributed by atoms with Crippen LogP contribution in [0.2, 0.25) is 5.02 Å². The standard InChI is InChI=1S/C16H21ClN2O/c1-2-9-18-16(20)14-7-5-10-19(12-14)11-13-6-3-4-8-15(13)17/h2-4,6,8,14H,1,5,7,9-12H2,(H,18,20). The van der Waals surface area contributed by atoms with Gasteiger partial charge in [0.05, 0.1) is 5.92 Å². The van der Waals surface area contributed by atoms with E-state index in [1.165, 1.54) is 0 Å². The Labute approximate surface area is 125 Å². The third-order valence-corrected chi connectivity index (χ3v) is 4.02. The third kappa shape index (κ3) is 4.09. The van der Waals surface area contributed by atoms with Crippen LogP contribution in [0.25, 0.3) is 0 Å². The summed E-state index contributed by atoms with van der Waals surface area (Å²) in [5, 5.41) is 3.69. The van der Waals surface area contributed by atoms with Crippen molar-refractivity contribution in [2.45, 2.75) is 19.4 Å². The van der Waals surface area contributed by atoms with Gasteiger partial charge in [-0.15, -0.1) is 6.58 Å². The maximum Gasteiger partial charge on any atom is 0.224 e. The zero-order valence-corrected chi connectivity index (χ0v) is 12.4. The van der Waals surface area contributed by atoms with Crippen molar-refractivity contribution in [3.8, 4) is 0 Å². The lowest BCUT2D eigenvalue weighted by atomic mass is 9.96. The number of rotatable bonds is 5. The molecule has 1 aliphatic rings. The molecule has 1 aliphatic heterocycles. The van der Waals surface area contributed by atoms with Gasteiger partial charge in [0.2, 0.25) is 5.91 Å². The second-order valence-electron chi connectivity index (χ2n) is 5.20. The predicted octanol–water partition coefficient (Wildman–Crippen LogP) is 2.85. The van der Waals surface area contributed by atoms with Gasteiger partial charge in [-0.25, -0.2) is 0 Å². The first-order valence-electron chi connectivity index (χ1n) is 7.05. The quantitative estimate of drug-likeness (QED) is 0.847. The number of amides is 1. The van der Waals surface area contributed by atoms with E-state index < -0.39 is 0 Å². The van der Waals surface area contributed by atoms with Crippen LogP contribution in [0.15, 0.2) is 36.9 Å². The summed E-state index contributed by atoms with van der Waals surface area (Å²) in [7, 11) is 0. The summed E-state index contributed by atoms with van der Waals surface area (Å²) in [6.45, 7) is 6.79. The van der Waals surface area contributed by atoms with Gasteiger partial charge in [-0.3, -0.25) is 9.69 Å². The zero-order valence-electron chi connectivity index (χ0n) is 11.6. The number of carbonyl (C=O) groups excluding carboxylic acids is 1. The maximum atomic E-state index is 12.0. The topological polar surface area (TPSA) is 32.3 Å². The van der Waals surface area contributed by atoms with Gasteiger partial charge in [-0.1, -0.05) is 35.9 Å². The van der Waals surface area contributed by atoms with E-state index in [1.807, 2.05) is 24.3 Å². The SMILES string of the molecule is C=CCNC(=O)C1CCCN(Cc2ccccc2Cl)C1. The number of carbonyl (C=O) groups is 1. The van der Waals surface area contributed by atoms with Gasteiger partial charge in [0.25, 0.3) is 0 Å². The number of piperidine rings is 1. The normalized spacial score (nSPS) is 19.6. The molecule has 20 heavy (non-hydrogen) atoms. The Balaban J connectivity index is 1.92. The average molecular weight is 293 g/mol. The highest BCUT2D eigenvalue weighted by atomic mass is 35.5. The molecule has 1 unspecified atom stereocenters. The van der Waals surface area contributed by atoms with E-state index >= 15 is 0 Å². The van der Waals surface area contributed by atoms with Crippen molar-refractivity contribution in [1.82, 2.24) is 10.2 Å². The highest BCUT2D eigenvalue weighted by Gasteiger charge is 2.25. The fourth-order valence-electron chi connectivity index (χ4n) is 2.60. The molecule has 1 saturated heterocycles. The Kier molecular flexibility index (Phi) is 5.62. The molecule has 1 atom stereocenters. The molecule has 1 heterocycles. The summed E-state index contributed by atoms with van der Waals surface area (Å²) < 4.78 is 0. The molecule has 2 rings (SSSR count). The molecule has 4 heteroatoms. The second-order valence-corrected chi connectivity index (χ2v) is 5.61. The van der Waals surface area contributed by atoms with Crippen LogP contribution in [0.5, 0.6) is 0 Å². The molecular formula is C16H21ClN2O. The third-order valence-electron chi connectivity index (χ3n) is 3.65. The Morgan fingerprint density at radius 2 is 2.30 bits per heavy atom. The van der Waals surface area contributed by atoms with Gasteiger partial charge in [0, 0.05) is 24.7 Å². The first kappa shape index (κ1) is 15.1. The Morgan fingerprint density at radius 1 is 1.50 bits per heavy atom. The molecule has 0 radical (unpaired) electrons. The Hall–Kier alpha value is -1.32. The zero-order chi connectivity index (χ0) is 14.4. The number of halogens is 1. The molecule has 1 aromatic rings. The summed E-state index contributed by atoms with van der Waals surface area (Å²) in [6, 6.07) is 7.89. The van der Waals surface area contributed by atoms with Crippen LogP contribution in [0, 0.1) is 5.92 Å². The van der Waals surface area contributed by atoms with Gasteiger partial charge in [-0.05, 0) is 31.0 Å². The summed E-state index contributed by atoms with van der Waals surface area (Å²) in [5.74, 6) is 0.208. The molecule has 1 N–H and O–H groups in total. The number of benzene rings is 1. The molecular weight excluding hydrogens is 272 g/mol. The summed E-state index contributed by atoms with van der Waals surface area (Å²) in [4.78, 5) is 14.3. The molecule has 0 aliphatic carbocycles. The van der Waals surface area contributed by atoms with Gasteiger partial charge >= 0.3 is 0 Å². The van der Waals surface area contributed by atoms with Crippen LogP contribution < -0.4 is 5.32 Å². The van der Waals surface area contributed by atoms with Crippen molar-refractivity contribution in [3.63, 3.8) is 0 Å². The molecule has 1 aromatic carbocycles. The van der Waals surface area contributed by atoms with Gasteiger partial charge in [0.1, 0.15) is 0 Å². The van der Waals surface area contributed by atoms with E-state index in [2.05, 4.69) is 16.8 Å². The van der Waals surface area contributed by atoms with Gasteiger partial charge in [0.15, 0.2) is 0 Å². The van der Waals surface area contributed by atoms with Crippen molar-refractivity contribution in [3.05, 3.63) is 47.5 Å². The summed E-state index contributed by atoms with van der Waals surface area (Å²) in [5.41, 5.74) is 1.13. The van der Waals surface area contributed by atoms with Crippen molar-refractivity contribution in [2.24, 2.45) is 5.92 Å². The lowest BCUT2D eigenvalue weighted by Gasteiger charge is -2.32. The van der Waals surface area contributed by atoms with E-state index in [4.69, 9.17) is 11.6 Å². The minimum atomic E-state index is 0.0752. The van der Waals surface area contributed by atoms with E-state index in [-0.39, 0.29) is 11.8 Å². The smallest absolute Gasteiger partial charge is 0.224 e. The molecule has 1 fully saturated rings. The summed E-state index contributed by atoms with van der Waals surface area (Å²) >= 11 is 6.19. The van der Waals surface area contributed by atoms with E-state index in [0.717, 1.165) is 43.1 Å². The van der Waals surface area contributed by atoms with Crippen LogP contribution in [-0.2, 0) is 11.3 Å². The second kappa shape index (κ2) is 7.46. The fourth-order valence-corrected chi connectivity index (χ4v) is 2.79. The number of hydrogen-bond donors (Lipinski definition) is 1. The van der Waals surface area contributed by atoms with Gasteiger partial charge < -0.3 is 5.32 Å². The van der Waals surface area contributed by atoms with Crippen molar-refractivity contribution in [1.29, 1.82) is 0 Å². The van der Waals surface area contributed by atoms with Crippen molar-refractivity contribution in [2.75, 3.05) is 19.6 Å². The van der Waals surface area contributed by atoms with E-state index in [9.17, 15) is 4.79 Å². The number of nitrogens with zero attached hydrogens (tertiary/aromatic N) is 1. The Morgan fingerprint density at radius 3 is 3.05 bits per heavy atom. The molecule has 0 aromatic heterocycles. The van der Waals surface area contributed by atoms with E-state index in [0.29, 0.717) is 6.54 Å². The first-order valence-corrected chi connectivity index (χ1v) is 7.43. The van der Waals surface area contributed by atoms with Crippen LogP contribution in [0.1, 0.15) is 18.4 Å². The van der Waals surface area contributed by atoms with Crippen LogP contribution in [0.4, 0.5) is 0 Å². The van der Waals surface area contributed by atoms with Crippen LogP contribution >= 0.6 is 11.6 Å². The van der Waals surface area contributed by atoms with E-state index in [1.54, 1.807) is 6.08 Å². The number of hydrogen-bond acceptors (Lipinski definition) is 2. The first-order chi connectivity index (χ1) is 9.70. The predicted molar refractivity (Wildman–Crippen MR) is 82.7 cm³/mol. The monoisotopic (exact) mass is 292 g/mol. The molecule has 3 nitrogen and oxygen atoms in total. The van der Waals surface area contributed by atoms with Gasteiger partial charge in [-0.2, -0.15) is 0 Å². The lowest BCUT2D eigenvalue weighted by Crippen LogP contribution is -2.42. The fraction of sp³-hybridized carbons (Fsp3) is 0.438. The highest BCUT2D eigenvalue weighted by Crippen LogP contribution is 2.22. The molecule has 0 saturated carbocycles. The Bertz CT molecular complexity index is 475. The minimum Gasteiger partial charge on any atom is -0.352 e. The van der Waals surface area contributed by atoms with Crippen LogP contribution in [-0.4, -0.2) is 30.4 Å². The summed E-state index contributed by atoms with van der Waals surface area (Å²) in [6.07, 6.45) is 3.72. The van der Waals surface area contributed by atoms with Crippen molar-refractivity contribution >= 4 is 17.5 Å². The number of nitrogens with one attached hydrogen (secondary N) is 1. The minimum absolute atomic E-state index is 0.0752. The van der Waals surface area contributed by atoms with Crippen LogP contribution in [0.3, 0.4) is 0 Å². The lowest BCUT2D eigenvalue weighted by molar-refractivity contribution is -0.126. The molecule has 108 valence electrons. The average Bonchev–Trinajstić information content (AvgIpc) is 2.47. The molecule has 0 bridgehead atoms. The maximum absolute atomic E-state index is 12.0. The molecule has 0 spiro atoms. The number of likely N-dealkylation sites (tertiary alicyclic amines) is 1. The van der Waals surface area contributed by atoms with Crippen molar-refractivity contribution < 1.29 is 4.79 Å².